The van der Waals surface area contributed by atoms with Gasteiger partial charge in [0.1, 0.15) is 5.82 Å². The number of rotatable bonds is 1. The van der Waals surface area contributed by atoms with E-state index in [1.807, 2.05) is 0 Å². The first-order valence-electron chi connectivity index (χ1n) is 7.62. The molecule has 0 bridgehead atoms. The Balaban J connectivity index is 2.01. The standard InChI is InChI=1S/C20H12F4O/c21-18-8-4-2-5-13(18)12-9-10-15-14-6-1-3-7-16(14)19(25,17(15)11-12)20(22,23)24/h1-11,25H. The van der Waals surface area contributed by atoms with Crippen LogP contribution in [0.5, 0.6) is 0 Å². The van der Waals surface area contributed by atoms with Gasteiger partial charge >= 0.3 is 6.18 Å². The van der Waals surface area contributed by atoms with E-state index in [2.05, 4.69) is 0 Å². The summed E-state index contributed by atoms with van der Waals surface area (Å²) in [4.78, 5) is 0. The predicted octanol–water partition coefficient (Wildman–Crippen LogP) is 5.27. The highest BCUT2D eigenvalue weighted by molar-refractivity contribution is 5.83. The zero-order valence-corrected chi connectivity index (χ0v) is 12.8. The fraction of sp³-hybridized carbons (Fsp3) is 0.100. The highest BCUT2D eigenvalue weighted by atomic mass is 19.4. The molecule has 126 valence electrons. The van der Waals surface area contributed by atoms with Crippen molar-refractivity contribution < 1.29 is 22.7 Å². The number of fused-ring (bicyclic) bond motifs is 3. The Kier molecular flexibility index (Phi) is 3.27. The Morgan fingerprint density at radius 1 is 0.720 bits per heavy atom. The molecule has 25 heavy (non-hydrogen) atoms. The van der Waals surface area contributed by atoms with Crippen molar-refractivity contribution >= 4 is 0 Å². The second-order valence-electron chi connectivity index (χ2n) is 5.99. The molecular formula is C20H12F4O. The zero-order chi connectivity index (χ0) is 17.8. The lowest BCUT2D eigenvalue weighted by molar-refractivity contribution is -0.246. The average Bonchev–Trinajstić information content (AvgIpc) is 2.85. The maximum Gasteiger partial charge on any atom is 0.425 e. The van der Waals surface area contributed by atoms with Gasteiger partial charge < -0.3 is 5.11 Å². The monoisotopic (exact) mass is 344 g/mol. The lowest BCUT2D eigenvalue weighted by Crippen LogP contribution is -2.41. The van der Waals surface area contributed by atoms with Crippen molar-refractivity contribution in [3.8, 4) is 22.3 Å². The van der Waals surface area contributed by atoms with E-state index in [9.17, 15) is 22.7 Å². The van der Waals surface area contributed by atoms with Gasteiger partial charge in [0, 0.05) is 16.7 Å². The number of halogens is 4. The molecule has 0 radical (unpaired) electrons. The van der Waals surface area contributed by atoms with Gasteiger partial charge in [-0.05, 0) is 28.8 Å². The van der Waals surface area contributed by atoms with Gasteiger partial charge in [-0.1, -0.05) is 54.6 Å². The lowest BCUT2D eigenvalue weighted by Gasteiger charge is -2.28. The van der Waals surface area contributed by atoms with E-state index in [0.29, 0.717) is 11.1 Å². The van der Waals surface area contributed by atoms with Crippen LogP contribution in [-0.2, 0) is 5.60 Å². The van der Waals surface area contributed by atoms with Crippen LogP contribution < -0.4 is 0 Å². The van der Waals surface area contributed by atoms with Crippen LogP contribution >= 0.6 is 0 Å². The highest BCUT2D eigenvalue weighted by Crippen LogP contribution is 2.55. The number of aliphatic hydroxyl groups is 1. The Labute approximate surface area is 141 Å². The predicted molar refractivity (Wildman–Crippen MR) is 86.3 cm³/mol. The molecule has 0 fully saturated rings. The number of alkyl halides is 3. The molecule has 1 aliphatic rings. The van der Waals surface area contributed by atoms with Crippen molar-refractivity contribution in [1.82, 2.24) is 0 Å². The molecular weight excluding hydrogens is 332 g/mol. The third-order valence-corrected chi connectivity index (χ3v) is 4.61. The molecule has 5 heteroatoms. The van der Waals surface area contributed by atoms with Crippen LogP contribution in [0.15, 0.2) is 66.7 Å². The highest BCUT2D eigenvalue weighted by Gasteiger charge is 2.60. The second kappa shape index (κ2) is 5.17. The minimum absolute atomic E-state index is 0.186. The summed E-state index contributed by atoms with van der Waals surface area (Å²) in [5.74, 6) is -0.534. The van der Waals surface area contributed by atoms with Crippen molar-refractivity contribution in [1.29, 1.82) is 0 Å². The minimum Gasteiger partial charge on any atom is -0.372 e. The molecule has 1 unspecified atom stereocenters. The zero-order valence-electron chi connectivity index (χ0n) is 12.8. The van der Waals surface area contributed by atoms with Crippen molar-refractivity contribution in [2.75, 3.05) is 0 Å². The Bertz CT molecular complexity index is 977. The van der Waals surface area contributed by atoms with Gasteiger partial charge in [-0.25, -0.2) is 4.39 Å². The normalized spacial score (nSPS) is 18.8. The smallest absolute Gasteiger partial charge is 0.372 e. The van der Waals surface area contributed by atoms with E-state index < -0.39 is 17.6 Å². The topological polar surface area (TPSA) is 20.2 Å². The van der Waals surface area contributed by atoms with E-state index in [1.165, 1.54) is 42.5 Å². The summed E-state index contributed by atoms with van der Waals surface area (Å²) < 4.78 is 55.4. The summed E-state index contributed by atoms with van der Waals surface area (Å²) in [5, 5.41) is 10.7. The van der Waals surface area contributed by atoms with Gasteiger partial charge in [0.25, 0.3) is 0 Å². The summed E-state index contributed by atoms with van der Waals surface area (Å²) in [6.07, 6.45) is -4.90. The van der Waals surface area contributed by atoms with E-state index in [1.54, 1.807) is 24.3 Å². The molecule has 4 rings (SSSR count). The Morgan fingerprint density at radius 2 is 1.32 bits per heavy atom. The van der Waals surface area contributed by atoms with Crippen LogP contribution in [0.3, 0.4) is 0 Å². The Hall–Kier alpha value is -2.66. The van der Waals surface area contributed by atoms with Crippen molar-refractivity contribution in [2.24, 2.45) is 0 Å². The molecule has 1 nitrogen and oxygen atoms in total. The van der Waals surface area contributed by atoms with Gasteiger partial charge in [-0.15, -0.1) is 0 Å². The van der Waals surface area contributed by atoms with Crippen molar-refractivity contribution in [3.63, 3.8) is 0 Å². The van der Waals surface area contributed by atoms with Crippen LogP contribution in [0, 0.1) is 5.82 Å². The number of hydrogen-bond acceptors (Lipinski definition) is 1. The first-order valence-corrected chi connectivity index (χ1v) is 7.62. The molecule has 0 amide bonds. The summed E-state index contributed by atoms with van der Waals surface area (Å²) in [5.41, 5.74) is -2.49. The molecule has 0 heterocycles. The largest absolute Gasteiger partial charge is 0.425 e. The SMILES string of the molecule is OC1(C(F)(F)F)c2ccccc2-c2ccc(-c3ccccc3F)cc21. The Morgan fingerprint density at radius 3 is 2.00 bits per heavy atom. The fourth-order valence-electron chi connectivity index (χ4n) is 3.43. The summed E-state index contributed by atoms with van der Waals surface area (Å²) in [6, 6.07) is 16.0. The fourth-order valence-corrected chi connectivity index (χ4v) is 3.43. The molecule has 1 aliphatic carbocycles. The first-order chi connectivity index (χ1) is 11.8. The van der Waals surface area contributed by atoms with Gasteiger partial charge in [-0.3, -0.25) is 0 Å². The molecule has 0 aromatic heterocycles. The summed E-state index contributed by atoms with van der Waals surface area (Å²) in [6.45, 7) is 0. The summed E-state index contributed by atoms with van der Waals surface area (Å²) in [7, 11) is 0. The van der Waals surface area contributed by atoms with E-state index in [0.717, 1.165) is 0 Å². The molecule has 0 saturated heterocycles. The molecule has 3 aromatic rings. The van der Waals surface area contributed by atoms with E-state index >= 15 is 0 Å². The van der Waals surface area contributed by atoms with Crippen molar-refractivity contribution in [3.05, 3.63) is 83.7 Å². The number of hydrogen-bond donors (Lipinski definition) is 1. The quantitative estimate of drug-likeness (QED) is 0.596. The van der Waals surface area contributed by atoms with Crippen LogP contribution in [0.1, 0.15) is 11.1 Å². The van der Waals surface area contributed by atoms with E-state index in [4.69, 9.17) is 0 Å². The average molecular weight is 344 g/mol. The second-order valence-corrected chi connectivity index (χ2v) is 5.99. The molecule has 1 N–H and O–H groups in total. The number of benzene rings is 3. The van der Waals surface area contributed by atoms with Gasteiger partial charge in [0.2, 0.25) is 5.60 Å². The minimum atomic E-state index is -4.90. The van der Waals surface area contributed by atoms with Crippen LogP contribution in [0.4, 0.5) is 17.6 Å². The van der Waals surface area contributed by atoms with Crippen LogP contribution in [0.25, 0.3) is 22.3 Å². The maximum absolute atomic E-state index is 14.0. The summed E-state index contributed by atoms with van der Waals surface area (Å²) >= 11 is 0. The lowest BCUT2D eigenvalue weighted by atomic mass is 9.89. The molecule has 0 aliphatic heterocycles. The van der Waals surface area contributed by atoms with Crippen LogP contribution in [0.2, 0.25) is 0 Å². The molecule has 0 spiro atoms. The van der Waals surface area contributed by atoms with Crippen LogP contribution in [-0.4, -0.2) is 11.3 Å². The molecule has 0 saturated carbocycles. The maximum atomic E-state index is 14.0. The van der Waals surface area contributed by atoms with Gasteiger partial charge in [-0.2, -0.15) is 13.2 Å². The molecule has 1 atom stereocenters. The molecule has 3 aromatic carbocycles. The third-order valence-electron chi connectivity index (χ3n) is 4.61. The van der Waals surface area contributed by atoms with Crippen molar-refractivity contribution in [2.45, 2.75) is 11.8 Å². The van der Waals surface area contributed by atoms with Gasteiger partial charge in [0.05, 0.1) is 0 Å². The van der Waals surface area contributed by atoms with Gasteiger partial charge in [0.15, 0.2) is 0 Å². The first kappa shape index (κ1) is 15.8. The third kappa shape index (κ3) is 2.12. The van der Waals surface area contributed by atoms with E-state index in [-0.39, 0.29) is 22.3 Å².